The Bertz CT molecular complexity index is 764. The molecule has 1 aliphatic carbocycles. The lowest BCUT2D eigenvalue weighted by Crippen LogP contribution is -2.14. The molecular formula is C16H17F3N4O2. The first-order valence-corrected chi connectivity index (χ1v) is 7.61. The summed E-state index contributed by atoms with van der Waals surface area (Å²) in [5, 5.41) is 5.74. The summed E-state index contributed by atoms with van der Waals surface area (Å²) >= 11 is 0. The Morgan fingerprint density at radius 3 is 2.36 bits per heavy atom. The fourth-order valence-corrected chi connectivity index (χ4v) is 2.19. The zero-order valence-electron chi connectivity index (χ0n) is 13.6. The predicted molar refractivity (Wildman–Crippen MR) is 86.5 cm³/mol. The summed E-state index contributed by atoms with van der Waals surface area (Å²) < 4.78 is 49.5. The van der Waals surface area contributed by atoms with Gasteiger partial charge in [0.15, 0.2) is 17.2 Å². The molecule has 1 heterocycles. The zero-order valence-corrected chi connectivity index (χ0v) is 13.6. The van der Waals surface area contributed by atoms with Gasteiger partial charge in [-0.1, -0.05) is 0 Å². The number of nitrogens with zero attached hydrogens (tertiary/aromatic N) is 2. The van der Waals surface area contributed by atoms with Crippen LogP contribution in [0.1, 0.15) is 18.5 Å². The van der Waals surface area contributed by atoms with Gasteiger partial charge in [0, 0.05) is 23.9 Å². The number of alkyl halides is 3. The Balaban J connectivity index is 1.90. The third kappa shape index (κ3) is 4.23. The van der Waals surface area contributed by atoms with Gasteiger partial charge in [-0.05, 0) is 25.0 Å². The Labute approximate surface area is 142 Å². The molecule has 134 valence electrons. The smallest absolute Gasteiger partial charge is 0.433 e. The highest BCUT2D eigenvalue weighted by molar-refractivity contribution is 5.62. The summed E-state index contributed by atoms with van der Waals surface area (Å²) in [4.78, 5) is 7.67. The van der Waals surface area contributed by atoms with Crippen molar-refractivity contribution in [3.05, 3.63) is 30.0 Å². The Kier molecular flexibility index (Phi) is 4.56. The molecule has 9 heteroatoms. The van der Waals surface area contributed by atoms with E-state index in [9.17, 15) is 13.2 Å². The van der Waals surface area contributed by atoms with Gasteiger partial charge in [-0.3, -0.25) is 0 Å². The van der Waals surface area contributed by atoms with Crippen molar-refractivity contribution in [2.24, 2.45) is 0 Å². The lowest BCUT2D eigenvalue weighted by Gasteiger charge is -2.14. The fourth-order valence-electron chi connectivity index (χ4n) is 2.19. The Hall–Kier alpha value is -2.71. The van der Waals surface area contributed by atoms with Gasteiger partial charge in [-0.2, -0.15) is 18.2 Å². The first-order chi connectivity index (χ1) is 11.9. The number of hydrogen-bond acceptors (Lipinski definition) is 6. The maximum atomic E-state index is 13.1. The van der Waals surface area contributed by atoms with Gasteiger partial charge in [0.25, 0.3) is 0 Å². The van der Waals surface area contributed by atoms with E-state index in [1.807, 2.05) is 0 Å². The van der Waals surface area contributed by atoms with Crippen LogP contribution in [-0.2, 0) is 6.18 Å². The fraction of sp³-hybridized carbons (Fsp3) is 0.375. The summed E-state index contributed by atoms with van der Waals surface area (Å²) in [6.07, 6.45) is -2.76. The van der Waals surface area contributed by atoms with E-state index in [0.29, 0.717) is 17.2 Å². The number of rotatable bonds is 6. The average molecular weight is 354 g/mol. The van der Waals surface area contributed by atoms with Crippen LogP contribution in [0.5, 0.6) is 11.5 Å². The van der Waals surface area contributed by atoms with Gasteiger partial charge < -0.3 is 20.1 Å². The number of benzene rings is 1. The van der Waals surface area contributed by atoms with Gasteiger partial charge in [0.05, 0.1) is 14.2 Å². The van der Waals surface area contributed by atoms with Crippen LogP contribution in [0, 0.1) is 0 Å². The minimum absolute atomic E-state index is 0.0395. The van der Waals surface area contributed by atoms with Crippen molar-refractivity contribution < 1.29 is 22.6 Å². The first kappa shape index (κ1) is 17.1. The van der Waals surface area contributed by atoms with Crippen LogP contribution in [0.15, 0.2) is 24.3 Å². The third-order valence-corrected chi connectivity index (χ3v) is 3.58. The molecule has 0 radical (unpaired) electrons. The Morgan fingerprint density at radius 2 is 1.76 bits per heavy atom. The summed E-state index contributed by atoms with van der Waals surface area (Å²) in [6, 6.07) is 5.93. The van der Waals surface area contributed by atoms with Crippen molar-refractivity contribution in [2.45, 2.75) is 25.1 Å². The molecule has 25 heavy (non-hydrogen) atoms. The number of nitrogens with one attached hydrogen (secondary N) is 2. The molecule has 0 spiro atoms. The molecular weight excluding hydrogens is 337 g/mol. The van der Waals surface area contributed by atoms with E-state index in [4.69, 9.17) is 9.47 Å². The van der Waals surface area contributed by atoms with E-state index in [1.54, 1.807) is 18.2 Å². The predicted octanol–water partition coefficient (Wildman–Crippen LogP) is 3.83. The second-order valence-corrected chi connectivity index (χ2v) is 5.57. The van der Waals surface area contributed by atoms with E-state index in [-0.39, 0.29) is 17.8 Å². The summed E-state index contributed by atoms with van der Waals surface area (Å²) in [5.41, 5.74) is -0.490. The van der Waals surface area contributed by atoms with Crippen LogP contribution >= 0.6 is 0 Å². The van der Waals surface area contributed by atoms with Crippen LogP contribution in [-0.4, -0.2) is 30.2 Å². The topological polar surface area (TPSA) is 68.3 Å². The van der Waals surface area contributed by atoms with Crippen molar-refractivity contribution in [1.29, 1.82) is 0 Å². The number of anilines is 3. The van der Waals surface area contributed by atoms with Crippen LogP contribution in [0.25, 0.3) is 0 Å². The molecule has 0 unspecified atom stereocenters. The molecule has 6 nitrogen and oxygen atoms in total. The van der Waals surface area contributed by atoms with Gasteiger partial charge in [-0.15, -0.1) is 0 Å². The maximum Gasteiger partial charge on any atom is 0.433 e. The molecule has 0 atom stereocenters. The number of hydrogen-bond donors (Lipinski definition) is 2. The molecule has 2 aromatic rings. The SMILES string of the molecule is COc1ccc(Nc2cc(C(F)(F)F)nc(NC3CC3)n2)cc1OC. The molecule has 0 saturated heterocycles. The highest BCUT2D eigenvalue weighted by atomic mass is 19.4. The third-order valence-electron chi connectivity index (χ3n) is 3.58. The maximum absolute atomic E-state index is 13.1. The highest BCUT2D eigenvalue weighted by Gasteiger charge is 2.34. The zero-order chi connectivity index (χ0) is 18.0. The van der Waals surface area contributed by atoms with Crippen molar-refractivity contribution in [1.82, 2.24) is 9.97 Å². The molecule has 0 bridgehead atoms. The second-order valence-electron chi connectivity index (χ2n) is 5.57. The summed E-state index contributed by atoms with van der Waals surface area (Å²) in [5.74, 6) is 0.967. The van der Waals surface area contributed by atoms with Gasteiger partial charge in [-0.25, -0.2) is 4.98 Å². The van der Waals surface area contributed by atoms with Crippen molar-refractivity contribution in [3.8, 4) is 11.5 Å². The van der Waals surface area contributed by atoms with Gasteiger partial charge in [0.2, 0.25) is 5.95 Å². The van der Waals surface area contributed by atoms with Crippen molar-refractivity contribution in [2.75, 3.05) is 24.9 Å². The average Bonchev–Trinajstić information content (AvgIpc) is 3.37. The lowest BCUT2D eigenvalue weighted by atomic mass is 10.2. The quantitative estimate of drug-likeness (QED) is 0.822. The van der Waals surface area contributed by atoms with Crippen LogP contribution in [0.2, 0.25) is 0 Å². The molecule has 0 amide bonds. The minimum atomic E-state index is -4.56. The molecule has 2 N–H and O–H groups in total. The standard InChI is InChI=1S/C16H17F3N4O2/c1-24-11-6-5-10(7-12(11)25-2)20-14-8-13(16(17,18)19)22-15(23-14)21-9-3-4-9/h5-9H,3-4H2,1-2H3,(H2,20,21,22,23). The monoisotopic (exact) mass is 354 g/mol. The molecule has 0 aliphatic heterocycles. The van der Waals surface area contributed by atoms with E-state index in [0.717, 1.165) is 18.9 Å². The highest BCUT2D eigenvalue weighted by Crippen LogP contribution is 2.34. The molecule has 1 aliphatic rings. The van der Waals surface area contributed by atoms with Crippen molar-refractivity contribution in [3.63, 3.8) is 0 Å². The van der Waals surface area contributed by atoms with E-state index in [2.05, 4.69) is 20.6 Å². The van der Waals surface area contributed by atoms with Gasteiger partial charge in [0.1, 0.15) is 5.82 Å². The number of methoxy groups -OCH3 is 2. The molecule has 3 rings (SSSR count). The van der Waals surface area contributed by atoms with Crippen LogP contribution in [0.3, 0.4) is 0 Å². The van der Waals surface area contributed by atoms with Crippen LogP contribution < -0.4 is 20.1 Å². The lowest BCUT2D eigenvalue weighted by molar-refractivity contribution is -0.141. The largest absolute Gasteiger partial charge is 0.493 e. The minimum Gasteiger partial charge on any atom is -0.493 e. The normalized spacial score (nSPS) is 14.1. The van der Waals surface area contributed by atoms with E-state index >= 15 is 0 Å². The molecule has 1 aromatic carbocycles. The molecule has 1 saturated carbocycles. The summed E-state index contributed by atoms with van der Waals surface area (Å²) in [6.45, 7) is 0. The molecule has 1 fully saturated rings. The number of halogens is 3. The first-order valence-electron chi connectivity index (χ1n) is 7.61. The molecule has 1 aromatic heterocycles. The van der Waals surface area contributed by atoms with Crippen LogP contribution in [0.4, 0.5) is 30.6 Å². The number of aromatic nitrogens is 2. The Morgan fingerprint density at radius 1 is 1.04 bits per heavy atom. The van der Waals surface area contributed by atoms with E-state index < -0.39 is 11.9 Å². The van der Waals surface area contributed by atoms with E-state index in [1.165, 1.54) is 14.2 Å². The van der Waals surface area contributed by atoms with Gasteiger partial charge >= 0.3 is 6.18 Å². The number of ether oxygens (including phenoxy) is 2. The summed E-state index contributed by atoms with van der Waals surface area (Å²) in [7, 11) is 2.98. The second kappa shape index (κ2) is 6.66. The van der Waals surface area contributed by atoms with Crippen molar-refractivity contribution >= 4 is 17.5 Å².